The maximum absolute atomic E-state index is 5.99. The molecular weight excluding hydrogens is 267 g/mol. The van der Waals surface area contributed by atoms with Gasteiger partial charge in [-0.2, -0.15) is 0 Å². The molecule has 0 spiro atoms. The Hall–Kier alpha value is -1.18. The first kappa shape index (κ1) is 13.3. The van der Waals surface area contributed by atoms with Crippen molar-refractivity contribution >= 4 is 23.2 Å². The fraction of sp³-hybridized carbons (Fsp3) is 0.200. The minimum Gasteiger partial charge on any atom is -0.457 e. The molecule has 0 saturated carbocycles. The predicted octanol–water partition coefficient (Wildman–Crippen LogP) is 5.49. The third-order valence-corrected chi connectivity index (χ3v) is 3.26. The zero-order valence-corrected chi connectivity index (χ0v) is 11.8. The molecule has 0 aliphatic carbocycles. The first-order chi connectivity index (χ1) is 8.60. The van der Waals surface area contributed by atoms with Crippen LogP contribution in [0.25, 0.3) is 0 Å². The second kappa shape index (κ2) is 5.64. The summed E-state index contributed by atoms with van der Waals surface area (Å²) in [4.78, 5) is 0. The molecule has 3 heteroatoms. The third-order valence-electron chi connectivity index (χ3n) is 2.74. The molecule has 0 aliphatic rings. The van der Waals surface area contributed by atoms with E-state index >= 15 is 0 Å². The average Bonchev–Trinajstić information content (AvgIpc) is 2.34. The van der Waals surface area contributed by atoms with E-state index in [2.05, 4.69) is 6.07 Å². The topological polar surface area (TPSA) is 9.23 Å². The maximum atomic E-state index is 5.99. The zero-order valence-electron chi connectivity index (χ0n) is 10.3. The van der Waals surface area contributed by atoms with Gasteiger partial charge in [0.05, 0.1) is 5.88 Å². The van der Waals surface area contributed by atoms with Crippen LogP contribution in [0.5, 0.6) is 11.5 Å². The highest BCUT2D eigenvalue weighted by Gasteiger charge is 2.07. The van der Waals surface area contributed by atoms with Crippen LogP contribution < -0.4 is 4.74 Å². The molecule has 0 radical (unpaired) electrons. The summed E-state index contributed by atoms with van der Waals surface area (Å²) in [6, 6.07) is 11.6. The van der Waals surface area contributed by atoms with E-state index in [1.165, 1.54) is 0 Å². The zero-order chi connectivity index (χ0) is 13.1. The fourth-order valence-corrected chi connectivity index (χ4v) is 2.05. The van der Waals surface area contributed by atoms with Gasteiger partial charge in [-0.15, -0.1) is 11.6 Å². The number of aryl methyl sites for hydroxylation is 2. The molecule has 0 unspecified atom stereocenters. The van der Waals surface area contributed by atoms with Gasteiger partial charge in [-0.05, 0) is 43.2 Å². The van der Waals surface area contributed by atoms with Crippen molar-refractivity contribution in [3.63, 3.8) is 0 Å². The molecule has 1 nitrogen and oxygen atoms in total. The molecule has 0 aliphatic heterocycles. The second-order valence-corrected chi connectivity index (χ2v) is 4.96. The average molecular weight is 281 g/mol. The molecule has 0 fully saturated rings. The molecule has 94 valence electrons. The lowest BCUT2D eigenvalue weighted by Crippen LogP contribution is -1.92. The number of benzene rings is 2. The van der Waals surface area contributed by atoms with E-state index < -0.39 is 0 Å². The molecule has 0 bridgehead atoms. The van der Waals surface area contributed by atoms with Crippen LogP contribution in [0.15, 0.2) is 36.4 Å². The van der Waals surface area contributed by atoms with Crippen LogP contribution in [-0.4, -0.2) is 0 Å². The van der Waals surface area contributed by atoms with E-state index in [1.54, 1.807) is 6.07 Å². The van der Waals surface area contributed by atoms with Gasteiger partial charge in [-0.25, -0.2) is 0 Å². The Morgan fingerprint density at radius 2 is 1.78 bits per heavy atom. The van der Waals surface area contributed by atoms with Crippen molar-refractivity contribution in [2.45, 2.75) is 19.7 Å². The van der Waals surface area contributed by atoms with E-state index in [0.717, 1.165) is 22.4 Å². The minimum absolute atomic E-state index is 0.400. The number of halogens is 2. The highest BCUT2D eigenvalue weighted by atomic mass is 35.5. The smallest absolute Gasteiger partial charge is 0.133 e. The van der Waals surface area contributed by atoms with Crippen molar-refractivity contribution < 1.29 is 4.74 Å². The largest absolute Gasteiger partial charge is 0.457 e. The summed E-state index contributed by atoms with van der Waals surface area (Å²) in [6.45, 7) is 4.05. The van der Waals surface area contributed by atoms with Crippen molar-refractivity contribution in [1.82, 2.24) is 0 Å². The molecule has 0 atom stereocenters. The number of hydrogen-bond acceptors (Lipinski definition) is 1. The number of alkyl halides is 1. The van der Waals surface area contributed by atoms with E-state index in [9.17, 15) is 0 Å². The minimum atomic E-state index is 0.400. The summed E-state index contributed by atoms with van der Waals surface area (Å²) >= 11 is 11.9. The second-order valence-electron chi connectivity index (χ2n) is 4.26. The molecule has 0 saturated heterocycles. The molecule has 0 aromatic heterocycles. The third kappa shape index (κ3) is 2.98. The van der Waals surface area contributed by atoms with E-state index in [0.29, 0.717) is 16.7 Å². The van der Waals surface area contributed by atoms with Gasteiger partial charge in [0.25, 0.3) is 0 Å². The van der Waals surface area contributed by atoms with Gasteiger partial charge in [0.2, 0.25) is 0 Å². The van der Waals surface area contributed by atoms with Crippen LogP contribution in [-0.2, 0) is 5.88 Å². The van der Waals surface area contributed by atoms with Crippen LogP contribution in [0.1, 0.15) is 16.7 Å². The summed E-state index contributed by atoms with van der Waals surface area (Å²) in [5, 5.41) is 0.643. The van der Waals surface area contributed by atoms with E-state index in [4.69, 9.17) is 27.9 Å². The molecule has 0 amide bonds. The first-order valence-corrected chi connectivity index (χ1v) is 6.61. The van der Waals surface area contributed by atoms with Gasteiger partial charge >= 0.3 is 0 Å². The number of hydrogen-bond donors (Lipinski definition) is 0. The van der Waals surface area contributed by atoms with Gasteiger partial charge in [-0.1, -0.05) is 29.8 Å². The number of ether oxygens (including phenoxy) is 1. The Kier molecular flexibility index (Phi) is 4.15. The number of rotatable bonds is 3. The van der Waals surface area contributed by atoms with Crippen molar-refractivity contribution in [2.24, 2.45) is 0 Å². The van der Waals surface area contributed by atoms with Crippen LogP contribution in [0.3, 0.4) is 0 Å². The fourth-order valence-electron chi connectivity index (χ4n) is 1.67. The Balaban J connectivity index is 2.38. The van der Waals surface area contributed by atoms with Gasteiger partial charge < -0.3 is 4.74 Å². The van der Waals surface area contributed by atoms with Gasteiger partial charge in [0.15, 0.2) is 0 Å². The summed E-state index contributed by atoms with van der Waals surface area (Å²) in [6.07, 6.45) is 0. The molecule has 18 heavy (non-hydrogen) atoms. The standard InChI is InChI=1S/C15H14Cl2O/c1-10-3-4-11(2)14(7-10)18-15-8-13(17)6-5-12(15)9-16/h3-8H,9H2,1-2H3. The lowest BCUT2D eigenvalue weighted by atomic mass is 10.1. The Morgan fingerprint density at radius 1 is 1.00 bits per heavy atom. The van der Waals surface area contributed by atoms with Crippen LogP contribution in [0, 0.1) is 13.8 Å². The molecule has 0 heterocycles. The monoisotopic (exact) mass is 280 g/mol. The normalized spacial score (nSPS) is 10.4. The van der Waals surface area contributed by atoms with Crippen molar-refractivity contribution in [3.05, 3.63) is 58.1 Å². The Morgan fingerprint density at radius 3 is 2.50 bits per heavy atom. The predicted molar refractivity (Wildman–Crippen MR) is 77.0 cm³/mol. The SMILES string of the molecule is Cc1ccc(C)c(Oc2cc(Cl)ccc2CCl)c1. The summed E-state index contributed by atoms with van der Waals surface area (Å²) in [5.74, 6) is 1.95. The molecule has 2 aromatic rings. The molecular formula is C15H14Cl2O. The van der Waals surface area contributed by atoms with Gasteiger partial charge in [0, 0.05) is 10.6 Å². The van der Waals surface area contributed by atoms with Crippen LogP contribution >= 0.6 is 23.2 Å². The summed E-state index contributed by atoms with van der Waals surface area (Å²) < 4.78 is 5.92. The quantitative estimate of drug-likeness (QED) is 0.676. The Labute approximate surface area is 117 Å². The highest BCUT2D eigenvalue weighted by Crippen LogP contribution is 2.31. The summed E-state index contributed by atoms with van der Waals surface area (Å²) in [7, 11) is 0. The molecule has 0 N–H and O–H groups in total. The van der Waals surface area contributed by atoms with E-state index in [-0.39, 0.29) is 0 Å². The van der Waals surface area contributed by atoms with Crippen molar-refractivity contribution in [2.75, 3.05) is 0 Å². The van der Waals surface area contributed by atoms with Crippen LogP contribution in [0.4, 0.5) is 0 Å². The van der Waals surface area contributed by atoms with Gasteiger partial charge in [0.1, 0.15) is 11.5 Å². The first-order valence-electron chi connectivity index (χ1n) is 5.69. The maximum Gasteiger partial charge on any atom is 0.133 e. The van der Waals surface area contributed by atoms with Crippen molar-refractivity contribution in [1.29, 1.82) is 0 Å². The lowest BCUT2D eigenvalue weighted by Gasteiger charge is -2.12. The van der Waals surface area contributed by atoms with Gasteiger partial charge in [-0.3, -0.25) is 0 Å². The highest BCUT2D eigenvalue weighted by molar-refractivity contribution is 6.30. The molecule has 2 rings (SSSR count). The Bertz CT molecular complexity index is 564. The van der Waals surface area contributed by atoms with E-state index in [1.807, 2.05) is 38.1 Å². The van der Waals surface area contributed by atoms with Crippen LogP contribution in [0.2, 0.25) is 5.02 Å². The molecule has 2 aromatic carbocycles. The van der Waals surface area contributed by atoms with Crippen molar-refractivity contribution in [3.8, 4) is 11.5 Å². The lowest BCUT2D eigenvalue weighted by molar-refractivity contribution is 0.474. The summed E-state index contributed by atoms with van der Waals surface area (Å²) in [5.41, 5.74) is 3.17.